The van der Waals surface area contributed by atoms with Crippen molar-refractivity contribution in [1.82, 2.24) is 9.97 Å². The molecule has 0 spiro atoms. The lowest BCUT2D eigenvalue weighted by atomic mass is 10.0. The van der Waals surface area contributed by atoms with E-state index in [1.807, 2.05) is 54.6 Å². The number of nitrogen functional groups attached to an aromatic ring is 1. The number of hydrogen-bond donors (Lipinski definition) is 2. The Hall–Kier alpha value is -3.21. The van der Waals surface area contributed by atoms with Crippen LogP contribution in [0.2, 0.25) is 0 Å². The quantitative estimate of drug-likeness (QED) is 0.774. The van der Waals surface area contributed by atoms with Gasteiger partial charge in [-0.05, 0) is 11.1 Å². The first-order valence-electron chi connectivity index (χ1n) is 6.73. The number of nitrogens with two attached hydrogens (primary N) is 2. The van der Waals surface area contributed by atoms with Crippen molar-refractivity contribution in [3.8, 4) is 22.4 Å². The summed E-state index contributed by atoms with van der Waals surface area (Å²) >= 11 is 0. The molecule has 1 heterocycles. The molecule has 3 rings (SSSR count). The summed E-state index contributed by atoms with van der Waals surface area (Å²) in [6.45, 7) is 0. The molecule has 0 saturated carbocycles. The topological polar surface area (TPSA) is 94.9 Å². The molecule has 2 aromatic carbocycles. The SMILES string of the molecule is NC(=O)c1nc(-c2ccc(-c3ccccc3)cc2)cnc1N. The Kier molecular flexibility index (Phi) is 3.53. The zero-order valence-corrected chi connectivity index (χ0v) is 11.7. The van der Waals surface area contributed by atoms with Crippen molar-refractivity contribution in [1.29, 1.82) is 0 Å². The third-order valence-electron chi connectivity index (χ3n) is 3.32. The van der Waals surface area contributed by atoms with Crippen molar-refractivity contribution in [3.63, 3.8) is 0 Å². The van der Waals surface area contributed by atoms with Gasteiger partial charge >= 0.3 is 0 Å². The number of amides is 1. The van der Waals surface area contributed by atoms with Gasteiger partial charge < -0.3 is 11.5 Å². The predicted octanol–water partition coefficient (Wildman–Crippen LogP) is 2.49. The number of aromatic nitrogens is 2. The maximum atomic E-state index is 11.3. The Morgan fingerprint density at radius 3 is 2.09 bits per heavy atom. The molecule has 22 heavy (non-hydrogen) atoms. The number of anilines is 1. The average molecular weight is 290 g/mol. The number of rotatable bonds is 3. The summed E-state index contributed by atoms with van der Waals surface area (Å²) in [4.78, 5) is 19.4. The van der Waals surface area contributed by atoms with Crippen LogP contribution in [0.3, 0.4) is 0 Å². The molecular weight excluding hydrogens is 276 g/mol. The van der Waals surface area contributed by atoms with Gasteiger partial charge in [0.25, 0.3) is 5.91 Å². The summed E-state index contributed by atoms with van der Waals surface area (Å²) < 4.78 is 0. The fourth-order valence-electron chi connectivity index (χ4n) is 2.18. The van der Waals surface area contributed by atoms with E-state index in [-0.39, 0.29) is 11.5 Å². The fraction of sp³-hybridized carbons (Fsp3) is 0. The number of hydrogen-bond acceptors (Lipinski definition) is 4. The van der Waals surface area contributed by atoms with E-state index in [0.717, 1.165) is 16.7 Å². The van der Waals surface area contributed by atoms with E-state index in [4.69, 9.17) is 11.5 Å². The van der Waals surface area contributed by atoms with Crippen molar-refractivity contribution >= 4 is 11.7 Å². The van der Waals surface area contributed by atoms with Gasteiger partial charge in [-0.15, -0.1) is 0 Å². The molecule has 0 unspecified atom stereocenters. The lowest BCUT2D eigenvalue weighted by Crippen LogP contribution is -2.16. The number of nitrogens with zero attached hydrogens (tertiary/aromatic N) is 2. The van der Waals surface area contributed by atoms with Gasteiger partial charge in [0.2, 0.25) is 0 Å². The van der Waals surface area contributed by atoms with Gasteiger partial charge in [-0.1, -0.05) is 54.6 Å². The molecule has 1 aromatic heterocycles. The maximum absolute atomic E-state index is 11.3. The van der Waals surface area contributed by atoms with Crippen LogP contribution in [0.5, 0.6) is 0 Å². The van der Waals surface area contributed by atoms with E-state index in [1.165, 1.54) is 6.20 Å². The molecule has 108 valence electrons. The van der Waals surface area contributed by atoms with Crippen molar-refractivity contribution in [2.24, 2.45) is 5.73 Å². The van der Waals surface area contributed by atoms with E-state index in [2.05, 4.69) is 9.97 Å². The minimum atomic E-state index is -0.687. The van der Waals surface area contributed by atoms with Crippen LogP contribution in [0.1, 0.15) is 10.5 Å². The van der Waals surface area contributed by atoms with Crippen molar-refractivity contribution < 1.29 is 4.79 Å². The molecule has 0 atom stereocenters. The summed E-state index contributed by atoms with van der Waals surface area (Å²) in [6.07, 6.45) is 1.53. The molecule has 0 saturated heterocycles. The lowest BCUT2D eigenvalue weighted by Gasteiger charge is -2.06. The fourth-order valence-corrected chi connectivity index (χ4v) is 2.18. The number of primary amides is 1. The van der Waals surface area contributed by atoms with Gasteiger partial charge in [-0.25, -0.2) is 9.97 Å². The zero-order valence-electron chi connectivity index (χ0n) is 11.7. The predicted molar refractivity (Wildman–Crippen MR) is 85.8 cm³/mol. The number of carbonyl (C=O) groups excluding carboxylic acids is 1. The van der Waals surface area contributed by atoms with Crippen LogP contribution < -0.4 is 11.5 Å². The highest BCUT2D eigenvalue weighted by molar-refractivity contribution is 5.95. The molecule has 0 aliphatic rings. The van der Waals surface area contributed by atoms with Crippen LogP contribution in [0.4, 0.5) is 5.82 Å². The summed E-state index contributed by atoms with van der Waals surface area (Å²) in [5, 5.41) is 0. The highest BCUT2D eigenvalue weighted by Crippen LogP contribution is 2.24. The standard InChI is InChI=1S/C17H14N4O/c18-16-15(17(19)22)21-14(10-20-16)13-8-6-12(7-9-13)11-4-2-1-3-5-11/h1-10H,(H2,18,20)(H2,19,22). The van der Waals surface area contributed by atoms with Gasteiger partial charge in [-0.3, -0.25) is 4.79 Å². The zero-order chi connectivity index (χ0) is 15.5. The second kappa shape index (κ2) is 5.65. The smallest absolute Gasteiger partial charge is 0.271 e. The van der Waals surface area contributed by atoms with Crippen molar-refractivity contribution in [3.05, 3.63) is 66.5 Å². The van der Waals surface area contributed by atoms with Crippen LogP contribution in [0.25, 0.3) is 22.4 Å². The van der Waals surface area contributed by atoms with E-state index >= 15 is 0 Å². The molecule has 0 aliphatic carbocycles. The number of carbonyl (C=O) groups is 1. The number of benzene rings is 2. The molecular formula is C17H14N4O. The molecule has 5 heteroatoms. The van der Waals surface area contributed by atoms with Gasteiger partial charge in [0.15, 0.2) is 11.5 Å². The Bertz CT molecular complexity index is 814. The largest absolute Gasteiger partial charge is 0.382 e. The van der Waals surface area contributed by atoms with Crippen LogP contribution in [-0.4, -0.2) is 15.9 Å². The van der Waals surface area contributed by atoms with E-state index in [0.29, 0.717) is 5.69 Å². The molecule has 4 N–H and O–H groups in total. The van der Waals surface area contributed by atoms with E-state index < -0.39 is 5.91 Å². The van der Waals surface area contributed by atoms with Crippen molar-refractivity contribution in [2.75, 3.05) is 5.73 Å². The van der Waals surface area contributed by atoms with Gasteiger partial charge in [0.05, 0.1) is 11.9 Å². The minimum Gasteiger partial charge on any atom is -0.382 e. The second-order valence-corrected chi connectivity index (χ2v) is 4.80. The minimum absolute atomic E-state index is 0.00960. The molecule has 0 aliphatic heterocycles. The van der Waals surface area contributed by atoms with Crippen molar-refractivity contribution in [2.45, 2.75) is 0 Å². The van der Waals surface area contributed by atoms with E-state index in [9.17, 15) is 4.79 Å². The summed E-state index contributed by atoms with van der Waals surface area (Å²) in [5.41, 5.74) is 14.5. The maximum Gasteiger partial charge on any atom is 0.271 e. The third-order valence-corrected chi connectivity index (χ3v) is 3.32. The summed E-state index contributed by atoms with van der Waals surface area (Å²) in [6, 6.07) is 17.9. The molecule has 0 radical (unpaired) electrons. The molecule has 1 amide bonds. The molecule has 5 nitrogen and oxygen atoms in total. The Morgan fingerprint density at radius 1 is 0.864 bits per heavy atom. The lowest BCUT2D eigenvalue weighted by molar-refractivity contribution is 0.0996. The van der Waals surface area contributed by atoms with Crippen LogP contribution in [0.15, 0.2) is 60.8 Å². The highest BCUT2D eigenvalue weighted by atomic mass is 16.1. The Labute approximate surface area is 127 Å². The van der Waals surface area contributed by atoms with E-state index in [1.54, 1.807) is 0 Å². The monoisotopic (exact) mass is 290 g/mol. The average Bonchev–Trinajstić information content (AvgIpc) is 2.56. The Balaban J connectivity index is 1.97. The second-order valence-electron chi connectivity index (χ2n) is 4.80. The summed E-state index contributed by atoms with van der Waals surface area (Å²) in [7, 11) is 0. The highest BCUT2D eigenvalue weighted by Gasteiger charge is 2.11. The normalized spacial score (nSPS) is 10.4. The van der Waals surface area contributed by atoms with Gasteiger partial charge in [0, 0.05) is 5.56 Å². The first-order valence-corrected chi connectivity index (χ1v) is 6.73. The first kappa shape index (κ1) is 13.8. The first-order chi connectivity index (χ1) is 10.6. The molecule has 0 fully saturated rings. The van der Waals surface area contributed by atoms with Gasteiger partial charge in [-0.2, -0.15) is 0 Å². The van der Waals surface area contributed by atoms with Gasteiger partial charge in [0.1, 0.15) is 0 Å². The third kappa shape index (κ3) is 2.64. The van der Waals surface area contributed by atoms with Crippen LogP contribution in [0, 0.1) is 0 Å². The van der Waals surface area contributed by atoms with Crippen LogP contribution >= 0.6 is 0 Å². The Morgan fingerprint density at radius 2 is 1.45 bits per heavy atom. The molecule has 3 aromatic rings. The summed E-state index contributed by atoms with van der Waals surface area (Å²) in [5.74, 6) is -0.648. The van der Waals surface area contributed by atoms with Crippen LogP contribution in [-0.2, 0) is 0 Å². The molecule has 0 bridgehead atoms.